The molecule has 6 nitrogen and oxygen atoms in total. The SMILES string of the molecule is CCNC(=NCCc1nc(CC)c(C)s1)NCCc1cccc(C(=O)NC)c1. The lowest BCUT2D eigenvalue weighted by Crippen LogP contribution is -2.38. The monoisotopic (exact) mass is 401 g/mol. The topological polar surface area (TPSA) is 78.4 Å². The standard InChI is InChI=1S/C21H31N5OS/c1-5-18-15(3)28-19(26-18)11-13-25-21(23-6-2)24-12-10-16-8-7-9-17(14-16)20(27)22-4/h7-9,14H,5-6,10-13H2,1-4H3,(H,22,27)(H2,23,24,25). The second-order valence-corrected chi connectivity index (χ2v) is 7.72. The molecule has 0 radical (unpaired) electrons. The van der Waals surface area contributed by atoms with Gasteiger partial charge >= 0.3 is 0 Å². The number of guanidine groups is 1. The van der Waals surface area contributed by atoms with Crippen molar-refractivity contribution < 1.29 is 4.79 Å². The first kappa shape index (κ1) is 21.9. The second kappa shape index (κ2) is 11.4. The molecule has 0 aliphatic rings. The summed E-state index contributed by atoms with van der Waals surface area (Å²) in [5, 5.41) is 10.5. The zero-order valence-corrected chi connectivity index (χ0v) is 18.1. The van der Waals surface area contributed by atoms with Gasteiger partial charge in [0.15, 0.2) is 5.96 Å². The zero-order chi connectivity index (χ0) is 20.4. The Labute approximate surface area is 171 Å². The van der Waals surface area contributed by atoms with Crippen molar-refractivity contribution in [2.75, 3.05) is 26.7 Å². The summed E-state index contributed by atoms with van der Waals surface area (Å²) in [6, 6.07) is 7.71. The van der Waals surface area contributed by atoms with Gasteiger partial charge in [0, 0.05) is 43.5 Å². The van der Waals surface area contributed by atoms with Crippen LogP contribution in [0.2, 0.25) is 0 Å². The number of carbonyl (C=O) groups is 1. The Kier molecular flexibility index (Phi) is 8.94. The molecule has 2 aromatic rings. The summed E-state index contributed by atoms with van der Waals surface area (Å²) >= 11 is 1.77. The van der Waals surface area contributed by atoms with Crippen molar-refractivity contribution in [1.29, 1.82) is 0 Å². The number of aliphatic imine (C=N–C) groups is 1. The van der Waals surface area contributed by atoms with Crippen molar-refractivity contribution in [2.24, 2.45) is 4.99 Å². The predicted octanol–water partition coefficient (Wildman–Crippen LogP) is 2.71. The molecular weight excluding hydrogens is 370 g/mol. The molecule has 1 aromatic heterocycles. The van der Waals surface area contributed by atoms with Crippen molar-refractivity contribution in [3.8, 4) is 0 Å². The minimum Gasteiger partial charge on any atom is -0.357 e. The van der Waals surface area contributed by atoms with Gasteiger partial charge in [0.1, 0.15) is 0 Å². The van der Waals surface area contributed by atoms with Crippen LogP contribution in [0.15, 0.2) is 29.3 Å². The summed E-state index contributed by atoms with van der Waals surface area (Å²) in [4.78, 5) is 22.4. The zero-order valence-electron chi connectivity index (χ0n) is 17.3. The van der Waals surface area contributed by atoms with E-state index in [1.165, 1.54) is 10.6 Å². The van der Waals surface area contributed by atoms with E-state index in [2.05, 4.69) is 46.7 Å². The van der Waals surface area contributed by atoms with E-state index in [0.29, 0.717) is 12.1 Å². The van der Waals surface area contributed by atoms with Crippen LogP contribution in [-0.2, 0) is 19.3 Å². The van der Waals surface area contributed by atoms with Crippen LogP contribution in [0.4, 0.5) is 0 Å². The molecule has 1 amide bonds. The molecule has 0 atom stereocenters. The number of nitrogens with zero attached hydrogens (tertiary/aromatic N) is 2. The molecule has 0 bridgehead atoms. The Morgan fingerprint density at radius 1 is 1.21 bits per heavy atom. The van der Waals surface area contributed by atoms with Crippen LogP contribution in [0.1, 0.15) is 45.3 Å². The Hall–Kier alpha value is -2.41. The van der Waals surface area contributed by atoms with Gasteiger partial charge in [-0.25, -0.2) is 4.98 Å². The third-order valence-electron chi connectivity index (χ3n) is 4.33. The smallest absolute Gasteiger partial charge is 0.251 e. The van der Waals surface area contributed by atoms with Gasteiger partial charge in [-0.2, -0.15) is 0 Å². The van der Waals surface area contributed by atoms with Crippen molar-refractivity contribution in [2.45, 2.75) is 40.0 Å². The molecule has 0 spiro atoms. The molecule has 0 aliphatic carbocycles. The van der Waals surface area contributed by atoms with E-state index in [0.717, 1.165) is 48.9 Å². The van der Waals surface area contributed by atoms with Gasteiger partial charge in [-0.05, 0) is 44.4 Å². The number of thiazole rings is 1. The van der Waals surface area contributed by atoms with Crippen molar-refractivity contribution >= 4 is 23.2 Å². The number of carbonyl (C=O) groups excluding carboxylic acids is 1. The number of amides is 1. The number of hydrogen-bond acceptors (Lipinski definition) is 4. The van der Waals surface area contributed by atoms with Crippen molar-refractivity contribution in [3.63, 3.8) is 0 Å². The van der Waals surface area contributed by atoms with E-state index >= 15 is 0 Å². The first-order chi connectivity index (χ1) is 13.6. The number of benzene rings is 1. The largest absolute Gasteiger partial charge is 0.357 e. The van der Waals surface area contributed by atoms with Gasteiger partial charge in [-0.15, -0.1) is 11.3 Å². The highest BCUT2D eigenvalue weighted by Crippen LogP contribution is 2.18. The maximum Gasteiger partial charge on any atom is 0.251 e. The second-order valence-electron chi connectivity index (χ2n) is 6.43. The highest BCUT2D eigenvalue weighted by atomic mass is 32.1. The highest BCUT2D eigenvalue weighted by Gasteiger charge is 2.06. The van der Waals surface area contributed by atoms with Crippen LogP contribution in [-0.4, -0.2) is 43.5 Å². The molecule has 0 unspecified atom stereocenters. The average molecular weight is 402 g/mol. The number of rotatable bonds is 9. The van der Waals surface area contributed by atoms with Crippen LogP contribution in [0.25, 0.3) is 0 Å². The summed E-state index contributed by atoms with van der Waals surface area (Å²) in [7, 11) is 1.64. The highest BCUT2D eigenvalue weighted by molar-refractivity contribution is 7.11. The maximum absolute atomic E-state index is 11.7. The van der Waals surface area contributed by atoms with Gasteiger partial charge in [0.25, 0.3) is 5.91 Å². The van der Waals surface area contributed by atoms with E-state index in [1.54, 1.807) is 18.4 Å². The van der Waals surface area contributed by atoms with E-state index in [4.69, 9.17) is 0 Å². The van der Waals surface area contributed by atoms with Gasteiger partial charge in [-0.1, -0.05) is 19.1 Å². The summed E-state index contributed by atoms with van der Waals surface area (Å²) in [5.41, 5.74) is 3.01. The molecule has 1 aromatic carbocycles. The Balaban J connectivity index is 1.86. The van der Waals surface area contributed by atoms with Gasteiger partial charge in [0.05, 0.1) is 10.7 Å². The summed E-state index contributed by atoms with van der Waals surface area (Å²) < 4.78 is 0. The van der Waals surface area contributed by atoms with E-state index in [-0.39, 0.29) is 5.91 Å². The summed E-state index contributed by atoms with van der Waals surface area (Å²) in [6.45, 7) is 8.60. The normalized spacial score (nSPS) is 11.4. The predicted molar refractivity (Wildman–Crippen MR) is 117 cm³/mol. The molecule has 0 saturated carbocycles. The van der Waals surface area contributed by atoms with Crippen LogP contribution in [0.5, 0.6) is 0 Å². The molecular formula is C21H31N5OS. The fraction of sp³-hybridized carbons (Fsp3) is 0.476. The number of hydrogen-bond donors (Lipinski definition) is 3. The maximum atomic E-state index is 11.7. The van der Waals surface area contributed by atoms with E-state index < -0.39 is 0 Å². The first-order valence-corrected chi connectivity index (χ1v) is 10.7. The first-order valence-electron chi connectivity index (χ1n) is 9.85. The van der Waals surface area contributed by atoms with Crippen LogP contribution < -0.4 is 16.0 Å². The van der Waals surface area contributed by atoms with Gasteiger partial charge in [0.2, 0.25) is 0 Å². The molecule has 28 heavy (non-hydrogen) atoms. The average Bonchev–Trinajstić information content (AvgIpc) is 3.07. The van der Waals surface area contributed by atoms with Crippen LogP contribution in [0.3, 0.4) is 0 Å². The van der Waals surface area contributed by atoms with Gasteiger partial charge in [-0.3, -0.25) is 9.79 Å². The molecule has 152 valence electrons. The minimum atomic E-state index is -0.0617. The Bertz CT molecular complexity index is 800. The lowest BCUT2D eigenvalue weighted by Gasteiger charge is -2.11. The van der Waals surface area contributed by atoms with Crippen LogP contribution in [0, 0.1) is 6.92 Å². The summed E-state index contributed by atoms with van der Waals surface area (Å²) in [5.74, 6) is 0.752. The molecule has 7 heteroatoms. The molecule has 0 saturated heterocycles. The number of nitrogens with one attached hydrogen (secondary N) is 3. The lowest BCUT2D eigenvalue weighted by atomic mass is 10.1. The summed E-state index contributed by atoms with van der Waals surface area (Å²) in [6.07, 6.45) is 2.66. The third-order valence-corrected chi connectivity index (χ3v) is 5.41. The van der Waals surface area contributed by atoms with Crippen LogP contribution >= 0.6 is 11.3 Å². The number of aromatic nitrogens is 1. The fourth-order valence-electron chi connectivity index (χ4n) is 2.87. The Morgan fingerprint density at radius 2 is 2.04 bits per heavy atom. The Morgan fingerprint density at radius 3 is 2.71 bits per heavy atom. The van der Waals surface area contributed by atoms with E-state index in [9.17, 15) is 4.79 Å². The van der Waals surface area contributed by atoms with Gasteiger partial charge < -0.3 is 16.0 Å². The molecule has 0 fully saturated rings. The molecule has 0 aliphatic heterocycles. The fourth-order valence-corrected chi connectivity index (χ4v) is 3.88. The lowest BCUT2D eigenvalue weighted by molar-refractivity contribution is 0.0963. The van der Waals surface area contributed by atoms with E-state index in [1.807, 2.05) is 24.3 Å². The minimum absolute atomic E-state index is 0.0617. The molecule has 3 N–H and O–H groups in total. The molecule has 2 rings (SSSR count). The van der Waals surface area contributed by atoms with Crippen molar-refractivity contribution in [1.82, 2.24) is 20.9 Å². The number of aryl methyl sites for hydroxylation is 2. The third kappa shape index (κ3) is 6.64. The van der Waals surface area contributed by atoms with Crippen molar-refractivity contribution in [3.05, 3.63) is 51.0 Å². The quantitative estimate of drug-likeness (QED) is 0.446. The molecule has 1 heterocycles.